The number of methoxy groups -OCH3 is 1. The Hall–Kier alpha value is -1.88. The van der Waals surface area contributed by atoms with Crippen LogP contribution in [0, 0.1) is 0 Å². The molecule has 0 saturated carbocycles. The van der Waals surface area contributed by atoms with Crippen LogP contribution in [0.25, 0.3) is 0 Å². The lowest BCUT2D eigenvalue weighted by Gasteiger charge is -2.18. The Labute approximate surface area is 106 Å². The number of aliphatic hydroxyl groups is 1. The van der Waals surface area contributed by atoms with E-state index in [1.165, 1.54) is 12.0 Å². The highest BCUT2D eigenvalue weighted by Crippen LogP contribution is 2.19. The van der Waals surface area contributed by atoms with E-state index >= 15 is 0 Å². The maximum absolute atomic E-state index is 11.0. The monoisotopic (exact) mass is 251 g/mol. The van der Waals surface area contributed by atoms with Gasteiger partial charge in [-0.15, -0.1) is 0 Å². The molecule has 1 N–H and O–H groups in total. The van der Waals surface area contributed by atoms with Crippen molar-refractivity contribution in [2.75, 3.05) is 20.3 Å². The van der Waals surface area contributed by atoms with Gasteiger partial charge < -0.3 is 14.7 Å². The van der Waals surface area contributed by atoms with Gasteiger partial charge in [0.05, 0.1) is 12.7 Å². The summed E-state index contributed by atoms with van der Waals surface area (Å²) in [6, 6.07) is 0. The second-order valence-electron chi connectivity index (χ2n) is 3.73. The average Bonchev–Trinajstić information content (AvgIpc) is 2.61. The fraction of sp³-hybridized carbons (Fsp3) is 0.385. The lowest BCUT2D eigenvalue weighted by molar-refractivity contribution is -0.116. The van der Waals surface area contributed by atoms with Gasteiger partial charge in [-0.1, -0.05) is 6.08 Å². The van der Waals surface area contributed by atoms with E-state index in [-0.39, 0.29) is 6.61 Å². The summed E-state index contributed by atoms with van der Waals surface area (Å²) in [4.78, 5) is 23.5. The number of ether oxygens (including phenoxy) is 1. The van der Waals surface area contributed by atoms with Crippen LogP contribution in [0.5, 0.6) is 0 Å². The van der Waals surface area contributed by atoms with Gasteiger partial charge in [-0.25, -0.2) is 0 Å². The number of carbonyl (C=O) groups excluding carboxylic acids is 2. The summed E-state index contributed by atoms with van der Waals surface area (Å²) in [7, 11) is 1.50. The molecule has 1 aliphatic rings. The topological polar surface area (TPSA) is 66.8 Å². The highest BCUT2D eigenvalue weighted by atomic mass is 16.5. The van der Waals surface area contributed by atoms with Crippen molar-refractivity contribution in [3.05, 3.63) is 35.3 Å². The Kier molecular flexibility index (Phi) is 5.87. The van der Waals surface area contributed by atoms with E-state index in [0.717, 1.165) is 0 Å². The predicted octanol–water partition coefficient (Wildman–Crippen LogP) is 0.770. The Bertz CT molecular complexity index is 396. The number of amides is 1. The maximum atomic E-state index is 11.0. The number of hydrogen-bond acceptors (Lipinski definition) is 4. The fourth-order valence-electron chi connectivity index (χ4n) is 1.67. The van der Waals surface area contributed by atoms with Gasteiger partial charge in [0.2, 0.25) is 6.41 Å². The normalized spacial score (nSPS) is 14.9. The summed E-state index contributed by atoms with van der Waals surface area (Å²) in [6.07, 6.45) is 7.69. The van der Waals surface area contributed by atoms with Crippen molar-refractivity contribution in [2.24, 2.45) is 0 Å². The molecular weight excluding hydrogens is 234 g/mol. The average molecular weight is 251 g/mol. The van der Waals surface area contributed by atoms with E-state index in [1.807, 2.05) is 6.08 Å². The number of aliphatic hydroxyl groups excluding tert-OH is 1. The van der Waals surface area contributed by atoms with Crippen LogP contribution < -0.4 is 0 Å². The van der Waals surface area contributed by atoms with E-state index in [0.29, 0.717) is 49.1 Å². The Morgan fingerprint density at radius 2 is 2.22 bits per heavy atom. The number of aldehydes is 1. The summed E-state index contributed by atoms with van der Waals surface area (Å²) in [5.41, 5.74) is 1.04. The summed E-state index contributed by atoms with van der Waals surface area (Å²) < 4.78 is 5.10. The minimum absolute atomic E-state index is 0.0173. The molecule has 0 heterocycles. The van der Waals surface area contributed by atoms with Crippen molar-refractivity contribution >= 4 is 12.7 Å². The van der Waals surface area contributed by atoms with Crippen LogP contribution in [0.4, 0.5) is 0 Å². The molecule has 1 rings (SSSR count). The number of nitrogens with zero attached hydrogens (tertiary/aromatic N) is 1. The summed E-state index contributed by atoms with van der Waals surface area (Å²) in [5.74, 6) is 0.504. The van der Waals surface area contributed by atoms with Gasteiger partial charge in [0.1, 0.15) is 5.76 Å². The molecule has 0 aliphatic heterocycles. The van der Waals surface area contributed by atoms with E-state index in [4.69, 9.17) is 9.84 Å². The van der Waals surface area contributed by atoms with Crippen molar-refractivity contribution in [3.63, 3.8) is 0 Å². The summed E-state index contributed by atoms with van der Waals surface area (Å²) in [6.45, 7) is 0.431. The van der Waals surface area contributed by atoms with Crippen molar-refractivity contribution in [2.45, 2.75) is 12.8 Å². The molecule has 5 heteroatoms. The van der Waals surface area contributed by atoms with Crippen LogP contribution >= 0.6 is 0 Å². The van der Waals surface area contributed by atoms with E-state index in [2.05, 4.69) is 0 Å². The molecule has 0 aromatic rings. The number of rotatable bonds is 7. The van der Waals surface area contributed by atoms with Gasteiger partial charge in [0.15, 0.2) is 6.29 Å². The van der Waals surface area contributed by atoms with Gasteiger partial charge >= 0.3 is 0 Å². The van der Waals surface area contributed by atoms with Crippen LogP contribution in [0.15, 0.2) is 35.3 Å². The summed E-state index contributed by atoms with van der Waals surface area (Å²) >= 11 is 0. The highest BCUT2D eigenvalue weighted by molar-refractivity contribution is 5.80. The zero-order chi connectivity index (χ0) is 13.4. The molecule has 98 valence electrons. The quantitative estimate of drug-likeness (QED) is 0.679. The molecule has 18 heavy (non-hydrogen) atoms. The Morgan fingerprint density at radius 1 is 1.44 bits per heavy atom. The fourth-order valence-corrected chi connectivity index (χ4v) is 1.67. The molecule has 0 aromatic heterocycles. The molecule has 5 nitrogen and oxygen atoms in total. The first kappa shape index (κ1) is 14.2. The van der Waals surface area contributed by atoms with Gasteiger partial charge in [-0.2, -0.15) is 0 Å². The van der Waals surface area contributed by atoms with Gasteiger partial charge in [-0.3, -0.25) is 9.59 Å². The molecule has 0 unspecified atom stereocenters. The zero-order valence-corrected chi connectivity index (χ0v) is 10.3. The smallest absolute Gasteiger partial charge is 0.214 e. The molecular formula is C13H17NO4. The minimum Gasteiger partial charge on any atom is -0.496 e. The number of allylic oxidation sites excluding steroid dienone is 4. The molecule has 0 atom stereocenters. The zero-order valence-electron chi connectivity index (χ0n) is 10.3. The number of hydrogen-bond donors (Lipinski definition) is 1. The molecule has 0 saturated heterocycles. The standard InChI is InChI=1S/C13H17NO4/c1-18-13-5-2-4-12(8-11(13)9-16)14(10-17)6-3-7-15/h4-5,8-10,15H,2-3,6-7H2,1H3. The lowest BCUT2D eigenvalue weighted by Crippen LogP contribution is -2.22. The van der Waals surface area contributed by atoms with Crippen molar-refractivity contribution < 1.29 is 19.4 Å². The number of carbonyl (C=O) groups is 2. The van der Waals surface area contributed by atoms with Crippen LogP contribution in [0.3, 0.4) is 0 Å². The first-order valence-corrected chi connectivity index (χ1v) is 5.71. The molecule has 0 fully saturated rings. The largest absolute Gasteiger partial charge is 0.496 e. The predicted molar refractivity (Wildman–Crippen MR) is 66.4 cm³/mol. The SMILES string of the molecule is COC1=CCC=C(N(C=O)CCCO)C=C1C=O. The second kappa shape index (κ2) is 7.45. The molecule has 0 bridgehead atoms. The van der Waals surface area contributed by atoms with E-state index in [1.54, 1.807) is 12.2 Å². The summed E-state index contributed by atoms with van der Waals surface area (Å²) in [5, 5.41) is 8.78. The molecule has 0 spiro atoms. The van der Waals surface area contributed by atoms with Crippen LogP contribution in [-0.2, 0) is 14.3 Å². The highest BCUT2D eigenvalue weighted by Gasteiger charge is 2.12. The van der Waals surface area contributed by atoms with Crippen molar-refractivity contribution in [1.82, 2.24) is 4.90 Å². The minimum atomic E-state index is 0.0173. The second-order valence-corrected chi connectivity index (χ2v) is 3.73. The Morgan fingerprint density at radius 3 is 2.78 bits per heavy atom. The third-order valence-corrected chi connectivity index (χ3v) is 2.58. The van der Waals surface area contributed by atoms with Gasteiger partial charge in [0, 0.05) is 18.8 Å². The maximum Gasteiger partial charge on any atom is 0.214 e. The lowest BCUT2D eigenvalue weighted by atomic mass is 10.2. The molecule has 1 amide bonds. The van der Waals surface area contributed by atoms with E-state index < -0.39 is 0 Å². The van der Waals surface area contributed by atoms with Crippen LogP contribution in [0.2, 0.25) is 0 Å². The van der Waals surface area contributed by atoms with Crippen LogP contribution in [0.1, 0.15) is 12.8 Å². The molecule has 0 aromatic carbocycles. The molecule has 1 aliphatic carbocycles. The Balaban J connectivity index is 2.92. The van der Waals surface area contributed by atoms with Crippen molar-refractivity contribution in [1.29, 1.82) is 0 Å². The third kappa shape index (κ3) is 3.56. The first-order chi connectivity index (χ1) is 8.76. The first-order valence-electron chi connectivity index (χ1n) is 5.71. The third-order valence-electron chi connectivity index (χ3n) is 2.58. The van der Waals surface area contributed by atoms with Gasteiger partial charge in [-0.05, 0) is 25.0 Å². The van der Waals surface area contributed by atoms with Crippen molar-refractivity contribution in [3.8, 4) is 0 Å². The molecule has 0 radical (unpaired) electrons. The van der Waals surface area contributed by atoms with E-state index in [9.17, 15) is 9.59 Å². The van der Waals surface area contributed by atoms with Crippen LogP contribution in [-0.4, -0.2) is 43.0 Å². The van der Waals surface area contributed by atoms with Gasteiger partial charge in [0.25, 0.3) is 0 Å².